The van der Waals surface area contributed by atoms with Crippen molar-refractivity contribution in [2.45, 2.75) is 224 Å². The summed E-state index contributed by atoms with van der Waals surface area (Å²) in [6.07, 6.45) is 22.5. The standard InChI is InChI=1S/C43H79O13P/c1-3-5-7-9-11-13-14-15-16-17-18-19-20-21-22-24-26-28-30-32-37(45)55-35(33-53-36(44)31-29-27-25-23-12-10-8-6-4-2)34-54-57(51,52)56-43-41(49)39(47)38(46)40(48)42(43)50/h11,13,15-16,35,38-43,46-50H,3-10,12,14,17-34H2,1-2H3,(H,51,52)/b13-11+,16-15+/t35-,38?,39-,40?,41?,42?,43?/m1/s1. The zero-order chi connectivity index (χ0) is 42.2. The van der Waals surface area contributed by atoms with Gasteiger partial charge in [0.1, 0.15) is 43.2 Å². The monoisotopic (exact) mass is 835 g/mol. The van der Waals surface area contributed by atoms with E-state index in [1.165, 1.54) is 83.5 Å². The Bertz CT molecular complexity index is 1100. The molecule has 8 atom stereocenters. The van der Waals surface area contributed by atoms with Crippen LogP contribution in [0.4, 0.5) is 0 Å². The Morgan fingerprint density at radius 2 is 0.947 bits per heavy atom. The van der Waals surface area contributed by atoms with Crippen molar-refractivity contribution in [1.82, 2.24) is 0 Å². The van der Waals surface area contributed by atoms with Crippen molar-refractivity contribution in [1.29, 1.82) is 0 Å². The molecule has 0 aromatic rings. The Balaban J connectivity index is 2.44. The first-order valence-corrected chi connectivity index (χ1v) is 23.6. The van der Waals surface area contributed by atoms with Gasteiger partial charge in [-0.25, -0.2) is 4.57 Å². The molecule has 1 saturated carbocycles. The van der Waals surface area contributed by atoms with Gasteiger partial charge in [-0.3, -0.25) is 18.6 Å². The number of hydrogen-bond donors (Lipinski definition) is 6. The average Bonchev–Trinajstić information content (AvgIpc) is 3.19. The van der Waals surface area contributed by atoms with E-state index in [1.54, 1.807) is 0 Å². The molecule has 6 unspecified atom stereocenters. The molecule has 1 aliphatic carbocycles. The molecule has 334 valence electrons. The molecule has 14 heteroatoms. The maximum atomic E-state index is 12.8. The molecule has 0 amide bonds. The first-order chi connectivity index (χ1) is 27.4. The zero-order valence-electron chi connectivity index (χ0n) is 35.1. The Morgan fingerprint density at radius 3 is 1.46 bits per heavy atom. The average molecular weight is 835 g/mol. The van der Waals surface area contributed by atoms with Gasteiger partial charge < -0.3 is 39.9 Å². The van der Waals surface area contributed by atoms with Crippen molar-refractivity contribution in [3.63, 3.8) is 0 Å². The Labute approximate surface area is 343 Å². The quantitative estimate of drug-likeness (QED) is 0.0153. The highest BCUT2D eigenvalue weighted by atomic mass is 31.2. The molecule has 0 spiro atoms. The SMILES string of the molecule is CCCCC/C=C/C/C=C/CCCCCCCCCCCC(=O)O[C@H](COC(=O)CCCCCCCCCCC)COP(=O)(O)OC1C(O)C(O)C(O)[C@@H](O)C1O. The minimum absolute atomic E-state index is 0.0942. The highest BCUT2D eigenvalue weighted by molar-refractivity contribution is 7.47. The maximum Gasteiger partial charge on any atom is 0.472 e. The summed E-state index contributed by atoms with van der Waals surface area (Å²) in [6, 6.07) is 0. The van der Waals surface area contributed by atoms with E-state index in [2.05, 4.69) is 38.2 Å². The number of carbonyl (C=O) groups excluding carboxylic acids is 2. The van der Waals surface area contributed by atoms with Crippen molar-refractivity contribution >= 4 is 19.8 Å². The summed E-state index contributed by atoms with van der Waals surface area (Å²) < 4.78 is 33.4. The second-order valence-electron chi connectivity index (χ2n) is 15.6. The highest BCUT2D eigenvalue weighted by Crippen LogP contribution is 2.47. The van der Waals surface area contributed by atoms with Crippen molar-refractivity contribution in [2.75, 3.05) is 13.2 Å². The number of ether oxygens (including phenoxy) is 2. The predicted molar refractivity (Wildman–Crippen MR) is 221 cm³/mol. The van der Waals surface area contributed by atoms with E-state index in [1.807, 2.05) is 0 Å². The van der Waals surface area contributed by atoms with Gasteiger partial charge in [0.25, 0.3) is 0 Å². The van der Waals surface area contributed by atoms with E-state index < -0.39 is 75.7 Å². The lowest BCUT2D eigenvalue weighted by molar-refractivity contribution is -0.220. The molecule has 0 radical (unpaired) electrons. The Kier molecular flexibility index (Phi) is 31.9. The van der Waals surface area contributed by atoms with Gasteiger partial charge in [0, 0.05) is 12.8 Å². The lowest BCUT2D eigenvalue weighted by Gasteiger charge is -2.41. The minimum Gasteiger partial charge on any atom is -0.462 e. The smallest absolute Gasteiger partial charge is 0.462 e. The summed E-state index contributed by atoms with van der Waals surface area (Å²) in [5.74, 6) is -1.10. The second kappa shape index (κ2) is 34.1. The minimum atomic E-state index is -5.11. The van der Waals surface area contributed by atoms with Crippen LogP contribution in [0.2, 0.25) is 0 Å². The lowest BCUT2D eigenvalue weighted by atomic mass is 9.85. The van der Waals surface area contributed by atoms with Crippen LogP contribution in [0.5, 0.6) is 0 Å². The van der Waals surface area contributed by atoms with Crippen LogP contribution < -0.4 is 0 Å². The summed E-state index contributed by atoms with van der Waals surface area (Å²) in [5, 5.41) is 50.0. The number of hydrogen-bond acceptors (Lipinski definition) is 12. The van der Waals surface area contributed by atoms with E-state index in [9.17, 15) is 44.6 Å². The summed E-state index contributed by atoms with van der Waals surface area (Å²) in [6.45, 7) is 3.24. The summed E-state index contributed by atoms with van der Waals surface area (Å²) in [7, 11) is -5.11. The van der Waals surface area contributed by atoms with E-state index in [4.69, 9.17) is 18.5 Å². The van der Waals surface area contributed by atoms with Gasteiger partial charge in [0.15, 0.2) is 6.10 Å². The topological polar surface area (TPSA) is 210 Å². The summed E-state index contributed by atoms with van der Waals surface area (Å²) in [4.78, 5) is 35.5. The number of aliphatic hydroxyl groups excluding tert-OH is 5. The molecule has 0 heterocycles. The Hall–Kier alpha value is -1.67. The number of rotatable bonds is 36. The van der Waals surface area contributed by atoms with E-state index in [0.29, 0.717) is 12.8 Å². The number of aliphatic hydroxyl groups is 5. The third kappa shape index (κ3) is 26.9. The van der Waals surface area contributed by atoms with Crippen LogP contribution in [0.1, 0.15) is 181 Å². The van der Waals surface area contributed by atoms with Crippen LogP contribution >= 0.6 is 7.82 Å². The number of carbonyl (C=O) groups is 2. The van der Waals surface area contributed by atoms with Crippen LogP contribution in [-0.4, -0.2) is 98.3 Å². The van der Waals surface area contributed by atoms with Gasteiger partial charge in [-0.1, -0.05) is 147 Å². The van der Waals surface area contributed by atoms with Gasteiger partial charge in [0.2, 0.25) is 0 Å². The van der Waals surface area contributed by atoms with Gasteiger partial charge in [-0.15, -0.1) is 0 Å². The maximum absolute atomic E-state index is 12.8. The third-order valence-electron chi connectivity index (χ3n) is 10.3. The van der Waals surface area contributed by atoms with Crippen molar-refractivity contribution in [2.24, 2.45) is 0 Å². The fourth-order valence-electron chi connectivity index (χ4n) is 6.67. The fraction of sp³-hybridized carbons (Fsp3) is 0.860. The lowest BCUT2D eigenvalue weighted by Crippen LogP contribution is -2.64. The molecule has 13 nitrogen and oxygen atoms in total. The molecule has 1 aliphatic rings. The van der Waals surface area contributed by atoms with Crippen LogP contribution in [0.25, 0.3) is 0 Å². The van der Waals surface area contributed by atoms with E-state index in [-0.39, 0.29) is 12.8 Å². The van der Waals surface area contributed by atoms with Crippen molar-refractivity contribution in [3.05, 3.63) is 24.3 Å². The molecule has 1 fully saturated rings. The fourth-order valence-corrected chi connectivity index (χ4v) is 7.64. The van der Waals surface area contributed by atoms with Crippen LogP contribution in [-0.2, 0) is 32.7 Å². The van der Waals surface area contributed by atoms with Crippen LogP contribution in [0.3, 0.4) is 0 Å². The molecular weight excluding hydrogens is 755 g/mol. The number of allylic oxidation sites excluding steroid dienone is 4. The predicted octanol–water partition coefficient (Wildman–Crippen LogP) is 8.06. The van der Waals surface area contributed by atoms with E-state index >= 15 is 0 Å². The molecule has 0 aliphatic heterocycles. The molecule has 0 aromatic heterocycles. The van der Waals surface area contributed by atoms with Crippen molar-refractivity contribution in [3.8, 4) is 0 Å². The van der Waals surface area contributed by atoms with Crippen molar-refractivity contribution < 1.29 is 63.1 Å². The summed E-state index contributed by atoms with van der Waals surface area (Å²) >= 11 is 0. The number of phosphoric ester groups is 1. The van der Waals surface area contributed by atoms with Crippen LogP contribution in [0.15, 0.2) is 24.3 Å². The van der Waals surface area contributed by atoms with Gasteiger partial charge in [0.05, 0.1) is 6.61 Å². The molecule has 6 N–H and O–H groups in total. The molecule has 1 rings (SSSR count). The number of esters is 2. The Morgan fingerprint density at radius 1 is 0.544 bits per heavy atom. The molecule has 57 heavy (non-hydrogen) atoms. The molecular formula is C43H79O13P. The van der Waals surface area contributed by atoms with E-state index in [0.717, 1.165) is 57.8 Å². The number of unbranched alkanes of at least 4 members (excludes halogenated alkanes) is 20. The first kappa shape index (κ1) is 53.3. The highest BCUT2D eigenvalue weighted by Gasteiger charge is 2.51. The second-order valence-corrected chi connectivity index (χ2v) is 17.0. The molecule has 0 aromatic carbocycles. The largest absolute Gasteiger partial charge is 0.472 e. The van der Waals surface area contributed by atoms with Gasteiger partial charge in [-0.05, 0) is 44.9 Å². The van der Waals surface area contributed by atoms with Gasteiger partial charge in [-0.2, -0.15) is 0 Å². The summed E-state index contributed by atoms with van der Waals surface area (Å²) in [5.41, 5.74) is 0. The van der Waals surface area contributed by atoms with Crippen LogP contribution in [0, 0.1) is 0 Å². The molecule has 0 bridgehead atoms. The number of phosphoric acid groups is 1. The first-order valence-electron chi connectivity index (χ1n) is 22.1. The third-order valence-corrected chi connectivity index (χ3v) is 11.3. The normalized spacial score (nSPS) is 22.9. The van der Waals surface area contributed by atoms with Gasteiger partial charge >= 0.3 is 19.8 Å². The molecule has 0 saturated heterocycles. The zero-order valence-corrected chi connectivity index (χ0v) is 36.0.